The number of fused-ring (bicyclic) bond motifs is 3. The summed E-state index contributed by atoms with van der Waals surface area (Å²) in [4.78, 5) is 40.5. The molecule has 1 aromatic carbocycles. The van der Waals surface area contributed by atoms with E-state index in [4.69, 9.17) is 0 Å². The van der Waals surface area contributed by atoms with Crippen molar-refractivity contribution in [2.45, 2.75) is 70.9 Å². The van der Waals surface area contributed by atoms with Gasteiger partial charge in [0.05, 0.1) is 23.2 Å². The highest BCUT2D eigenvalue weighted by Gasteiger charge is 2.47. The van der Waals surface area contributed by atoms with E-state index in [1.165, 1.54) is 11.1 Å². The summed E-state index contributed by atoms with van der Waals surface area (Å²) >= 11 is 1.64. The third-order valence-electron chi connectivity index (χ3n) is 9.34. The molecule has 0 saturated carbocycles. The molecule has 5 heterocycles. The van der Waals surface area contributed by atoms with Crippen molar-refractivity contribution in [3.05, 3.63) is 58.5 Å². The highest BCUT2D eigenvalue weighted by atomic mass is 32.1. The number of carbonyl (C=O) groups is 2. The molecule has 1 N–H and O–H groups in total. The molecule has 0 spiro atoms. The van der Waals surface area contributed by atoms with E-state index < -0.39 is 5.41 Å². The van der Waals surface area contributed by atoms with Crippen LogP contribution in [0.4, 0.5) is 0 Å². The molecule has 3 saturated heterocycles. The fraction of sp³-hybridized carbons (Fsp3) is 0.515. The summed E-state index contributed by atoms with van der Waals surface area (Å²) in [5.41, 5.74) is 4.44. The van der Waals surface area contributed by atoms with Gasteiger partial charge in [-0.2, -0.15) is 0 Å². The van der Waals surface area contributed by atoms with E-state index in [0.717, 1.165) is 90.3 Å². The number of rotatable bonds is 8. The Morgan fingerprint density at radius 3 is 2.17 bits per heavy atom. The standard InChI is InChI=1S/C33H42N4O2S/c1-6-11-35-12-14-36(15-13-35)20-27(38)29-26-19-28(33(4,5)32(39)37-24-7-8-25(37)10-9-24)40-31(26)34-30(29)23-17-21(2)16-22(3)18-23/h6,16-19,24-25,34H,1,7-15,20H2,2-5H3. The second-order valence-electron chi connectivity index (χ2n) is 12.7. The Bertz CT molecular complexity index is 1420. The molecule has 0 radical (unpaired) electrons. The normalized spacial score (nSPS) is 21.9. The van der Waals surface area contributed by atoms with Crippen LogP contribution in [0.25, 0.3) is 21.5 Å². The summed E-state index contributed by atoms with van der Waals surface area (Å²) in [6.07, 6.45) is 6.49. The highest BCUT2D eigenvalue weighted by Crippen LogP contribution is 2.44. The van der Waals surface area contributed by atoms with E-state index >= 15 is 0 Å². The predicted molar refractivity (Wildman–Crippen MR) is 164 cm³/mol. The number of benzene rings is 1. The van der Waals surface area contributed by atoms with Gasteiger partial charge in [0.25, 0.3) is 0 Å². The van der Waals surface area contributed by atoms with E-state index in [0.29, 0.717) is 18.6 Å². The van der Waals surface area contributed by atoms with Gasteiger partial charge in [-0.05, 0) is 77.1 Å². The first-order valence-electron chi connectivity index (χ1n) is 14.8. The molecule has 40 heavy (non-hydrogen) atoms. The second kappa shape index (κ2) is 10.6. The molecule has 6 rings (SSSR count). The number of aryl methyl sites for hydroxylation is 2. The molecule has 0 aliphatic carbocycles. The average molecular weight is 559 g/mol. The maximum Gasteiger partial charge on any atom is 0.233 e. The Kier molecular flexibility index (Phi) is 7.26. The van der Waals surface area contributed by atoms with Crippen LogP contribution in [0.1, 0.15) is 65.9 Å². The summed E-state index contributed by atoms with van der Waals surface area (Å²) in [6, 6.07) is 9.42. The molecule has 2 bridgehead atoms. The van der Waals surface area contributed by atoms with Gasteiger partial charge in [0, 0.05) is 55.1 Å². The molecule has 212 valence electrons. The van der Waals surface area contributed by atoms with Gasteiger partial charge in [0.1, 0.15) is 4.83 Å². The minimum Gasteiger partial charge on any atom is -0.346 e. The summed E-state index contributed by atoms with van der Waals surface area (Å²) in [5.74, 6) is 0.379. The number of aromatic amines is 1. The van der Waals surface area contributed by atoms with Crippen LogP contribution in [-0.4, -0.2) is 82.7 Å². The zero-order chi connectivity index (χ0) is 28.2. The van der Waals surface area contributed by atoms with Gasteiger partial charge in [0.2, 0.25) is 5.91 Å². The van der Waals surface area contributed by atoms with Crippen LogP contribution >= 0.6 is 11.3 Å². The van der Waals surface area contributed by atoms with Crippen molar-refractivity contribution in [2.75, 3.05) is 39.3 Å². The molecule has 3 aromatic rings. The van der Waals surface area contributed by atoms with Gasteiger partial charge in [-0.25, -0.2) is 0 Å². The number of amides is 1. The topological polar surface area (TPSA) is 59.7 Å². The van der Waals surface area contributed by atoms with Gasteiger partial charge in [-0.15, -0.1) is 17.9 Å². The molecule has 1 amide bonds. The zero-order valence-electron chi connectivity index (χ0n) is 24.4. The molecule has 3 aliphatic heterocycles. The number of hydrogen-bond acceptors (Lipinski definition) is 5. The SMILES string of the molecule is C=CCN1CCN(CC(=O)c2c(-c3cc(C)cc(C)c3)[nH]c3sc(C(C)(C)C(=O)N4C5CCC4CC5)cc23)CC1. The van der Waals surface area contributed by atoms with E-state index in [1.807, 2.05) is 6.08 Å². The number of ketones is 1. The van der Waals surface area contributed by atoms with Crippen LogP contribution in [0.5, 0.6) is 0 Å². The molecular weight excluding hydrogens is 516 g/mol. The smallest absolute Gasteiger partial charge is 0.233 e. The molecule has 6 nitrogen and oxygen atoms in total. The molecule has 2 aromatic heterocycles. The Morgan fingerprint density at radius 1 is 0.975 bits per heavy atom. The van der Waals surface area contributed by atoms with E-state index in [2.05, 4.69) is 78.2 Å². The quantitative estimate of drug-likeness (QED) is 0.275. The Labute approximate surface area is 242 Å². The Hall–Kier alpha value is -2.74. The molecule has 3 aliphatic rings. The number of H-pyrrole nitrogens is 1. The number of thiophene rings is 1. The summed E-state index contributed by atoms with van der Waals surface area (Å²) < 4.78 is 0. The summed E-state index contributed by atoms with van der Waals surface area (Å²) in [5, 5.41) is 0.953. The lowest BCUT2D eigenvalue weighted by Crippen LogP contribution is -2.47. The fourth-order valence-electron chi connectivity index (χ4n) is 7.18. The van der Waals surface area contributed by atoms with Crippen molar-refractivity contribution in [3.63, 3.8) is 0 Å². The van der Waals surface area contributed by atoms with Gasteiger partial charge < -0.3 is 9.88 Å². The highest BCUT2D eigenvalue weighted by molar-refractivity contribution is 7.19. The zero-order valence-corrected chi connectivity index (χ0v) is 25.2. The van der Waals surface area contributed by atoms with Crippen LogP contribution in [-0.2, 0) is 10.2 Å². The first-order valence-corrected chi connectivity index (χ1v) is 15.6. The van der Waals surface area contributed by atoms with Crippen LogP contribution in [0, 0.1) is 13.8 Å². The molecular formula is C33H42N4O2S. The van der Waals surface area contributed by atoms with Gasteiger partial charge in [-0.3, -0.25) is 19.4 Å². The van der Waals surface area contributed by atoms with Gasteiger partial charge in [-0.1, -0.05) is 23.3 Å². The van der Waals surface area contributed by atoms with Crippen molar-refractivity contribution >= 4 is 33.2 Å². The van der Waals surface area contributed by atoms with Crippen molar-refractivity contribution in [1.29, 1.82) is 0 Å². The monoisotopic (exact) mass is 558 g/mol. The average Bonchev–Trinajstić information content (AvgIpc) is 3.68. The van der Waals surface area contributed by atoms with E-state index in [1.54, 1.807) is 11.3 Å². The van der Waals surface area contributed by atoms with Crippen LogP contribution < -0.4 is 0 Å². The maximum absolute atomic E-state index is 14.1. The minimum absolute atomic E-state index is 0.142. The largest absolute Gasteiger partial charge is 0.346 e. The predicted octanol–water partition coefficient (Wildman–Crippen LogP) is 5.93. The van der Waals surface area contributed by atoms with Crippen molar-refractivity contribution < 1.29 is 9.59 Å². The third kappa shape index (κ3) is 4.86. The Balaban J connectivity index is 1.35. The number of hydrogen-bond donors (Lipinski definition) is 1. The van der Waals surface area contributed by atoms with Gasteiger partial charge in [0.15, 0.2) is 5.78 Å². The minimum atomic E-state index is -0.627. The fourth-order valence-corrected chi connectivity index (χ4v) is 8.34. The Morgan fingerprint density at radius 2 is 1.57 bits per heavy atom. The van der Waals surface area contributed by atoms with Crippen LogP contribution in [0.3, 0.4) is 0 Å². The van der Waals surface area contributed by atoms with Gasteiger partial charge >= 0.3 is 0 Å². The van der Waals surface area contributed by atoms with Crippen molar-refractivity contribution in [1.82, 2.24) is 19.7 Å². The number of nitrogens with zero attached hydrogens (tertiary/aromatic N) is 3. The van der Waals surface area contributed by atoms with Crippen molar-refractivity contribution in [3.8, 4) is 11.3 Å². The van der Waals surface area contributed by atoms with Crippen LogP contribution in [0.2, 0.25) is 0 Å². The maximum atomic E-state index is 14.1. The molecule has 7 heteroatoms. The van der Waals surface area contributed by atoms with E-state index in [-0.39, 0.29) is 11.7 Å². The van der Waals surface area contributed by atoms with E-state index in [9.17, 15) is 9.59 Å². The number of piperazine rings is 1. The lowest BCUT2D eigenvalue weighted by molar-refractivity contribution is -0.137. The van der Waals surface area contributed by atoms with Crippen LogP contribution in [0.15, 0.2) is 36.9 Å². The lowest BCUT2D eigenvalue weighted by atomic mass is 9.88. The second-order valence-corrected chi connectivity index (χ2v) is 13.7. The first kappa shape index (κ1) is 27.4. The van der Waals surface area contributed by atoms with Crippen molar-refractivity contribution in [2.24, 2.45) is 0 Å². The lowest BCUT2D eigenvalue weighted by Gasteiger charge is -2.33. The number of Topliss-reactive ketones (excluding diaryl/α,β-unsaturated/α-hetero) is 1. The third-order valence-corrected chi connectivity index (χ3v) is 10.7. The summed E-state index contributed by atoms with van der Waals surface area (Å²) in [7, 11) is 0. The number of carbonyl (C=O) groups excluding carboxylic acids is 2. The molecule has 0 atom stereocenters. The summed E-state index contributed by atoms with van der Waals surface area (Å²) in [6.45, 7) is 17.1. The molecule has 0 unspecified atom stereocenters. The number of nitrogens with one attached hydrogen (secondary N) is 1. The number of aromatic nitrogens is 1. The first-order chi connectivity index (χ1) is 19.2. The molecule has 3 fully saturated rings.